The van der Waals surface area contributed by atoms with Gasteiger partial charge in [0.2, 0.25) is 0 Å². The number of amides is 1. The Bertz CT molecular complexity index is 1610. The van der Waals surface area contributed by atoms with Crippen LogP contribution in [0.15, 0.2) is 59.8 Å². The number of imidazole rings is 1. The van der Waals surface area contributed by atoms with Gasteiger partial charge >= 0.3 is 0 Å². The Morgan fingerprint density at radius 3 is 2.52 bits per heavy atom. The largest absolute Gasteiger partial charge is 0.495 e. The number of aliphatic hydroxyl groups is 1. The van der Waals surface area contributed by atoms with Crippen LogP contribution in [0.3, 0.4) is 0 Å². The molecule has 1 aliphatic rings. The molecule has 0 saturated heterocycles. The molecule has 2 N–H and O–H groups in total. The predicted molar refractivity (Wildman–Crippen MR) is 156 cm³/mol. The van der Waals surface area contributed by atoms with Crippen molar-refractivity contribution in [1.29, 1.82) is 0 Å². The van der Waals surface area contributed by atoms with Gasteiger partial charge in [0.05, 0.1) is 30.1 Å². The molecule has 6 nitrogen and oxygen atoms in total. The fourth-order valence-corrected chi connectivity index (χ4v) is 6.65. The van der Waals surface area contributed by atoms with Gasteiger partial charge < -0.3 is 15.2 Å². The summed E-state index contributed by atoms with van der Waals surface area (Å²) in [6.07, 6.45) is 2.37. The number of methoxy groups -OCH3 is 1. The molecular weight excluding hydrogens is 587 g/mol. The molecule has 0 aliphatic heterocycles. The zero-order valence-corrected chi connectivity index (χ0v) is 24.6. The van der Waals surface area contributed by atoms with Crippen molar-refractivity contribution in [3.8, 4) is 11.4 Å². The predicted octanol–water partition coefficient (Wildman–Crippen LogP) is 6.61. The lowest BCUT2D eigenvalue weighted by Crippen LogP contribution is -2.31. The Labute approximate surface area is 250 Å². The summed E-state index contributed by atoms with van der Waals surface area (Å²) < 4.78 is 51.5. The number of hydrogen-bond acceptors (Lipinski definition) is 5. The maximum absolute atomic E-state index is 15.1. The standard InChI is InChI=1S/C31H29ClF3N3O3S/c1-31(19-5-10-23(32)27(16-19)41-2)11-3-4-26-28(31)38(21-8-6-20(33)7-9-21)30(37-26)42-17-22-24(34)14-18(15-25(22)35)29(40)36-12-13-39/h5-10,14-16,39H,3-4,11-13,17H2,1-2H3,(H,36,40). The fraction of sp³-hybridized carbons (Fsp3) is 0.290. The van der Waals surface area contributed by atoms with Crippen LogP contribution in [0.2, 0.25) is 5.02 Å². The second kappa shape index (κ2) is 12.4. The molecule has 5 rings (SSSR count). The number of aromatic nitrogens is 2. The normalized spacial score (nSPS) is 16.3. The smallest absolute Gasteiger partial charge is 0.251 e. The maximum Gasteiger partial charge on any atom is 0.251 e. The molecule has 42 heavy (non-hydrogen) atoms. The second-order valence-corrected chi connectivity index (χ2v) is 11.6. The third-order valence-electron chi connectivity index (χ3n) is 7.55. The van der Waals surface area contributed by atoms with Crippen molar-refractivity contribution in [2.45, 2.75) is 42.5 Å². The van der Waals surface area contributed by atoms with E-state index in [4.69, 9.17) is 26.4 Å². The number of benzene rings is 3. The number of carbonyl (C=O) groups is 1. The van der Waals surface area contributed by atoms with Crippen molar-refractivity contribution in [2.24, 2.45) is 0 Å². The van der Waals surface area contributed by atoms with Gasteiger partial charge in [-0.25, -0.2) is 18.2 Å². The van der Waals surface area contributed by atoms with Crippen LogP contribution in [0, 0.1) is 17.5 Å². The van der Waals surface area contributed by atoms with E-state index in [2.05, 4.69) is 12.2 Å². The van der Waals surface area contributed by atoms with Gasteiger partial charge in [0, 0.05) is 34.5 Å². The van der Waals surface area contributed by atoms with Crippen molar-refractivity contribution in [3.63, 3.8) is 0 Å². The first-order valence-electron chi connectivity index (χ1n) is 13.4. The van der Waals surface area contributed by atoms with Crippen LogP contribution in [0.1, 0.15) is 52.6 Å². The van der Waals surface area contributed by atoms with E-state index in [0.717, 1.165) is 53.7 Å². The molecule has 1 aromatic heterocycles. The van der Waals surface area contributed by atoms with E-state index >= 15 is 8.78 Å². The molecule has 0 fully saturated rings. The quantitative estimate of drug-likeness (QED) is 0.207. The summed E-state index contributed by atoms with van der Waals surface area (Å²) in [5, 5.41) is 12.3. The minimum absolute atomic E-state index is 0.0297. The minimum atomic E-state index is -0.862. The Kier molecular flexibility index (Phi) is 8.86. The van der Waals surface area contributed by atoms with Crippen LogP contribution in [0.5, 0.6) is 5.75 Å². The fourth-order valence-electron chi connectivity index (χ4n) is 5.40. The highest BCUT2D eigenvalue weighted by atomic mass is 35.5. The van der Waals surface area contributed by atoms with Gasteiger partial charge in [-0.1, -0.05) is 29.4 Å². The summed E-state index contributed by atoms with van der Waals surface area (Å²) in [4.78, 5) is 17.1. The highest BCUT2D eigenvalue weighted by Crippen LogP contribution is 2.46. The van der Waals surface area contributed by atoms with Gasteiger partial charge in [0.1, 0.15) is 23.2 Å². The van der Waals surface area contributed by atoms with E-state index < -0.39 is 23.0 Å². The highest BCUT2D eigenvalue weighted by Gasteiger charge is 2.40. The summed E-state index contributed by atoms with van der Waals surface area (Å²) in [5.74, 6) is -2.35. The number of thioether (sulfide) groups is 1. The number of nitrogens with one attached hydrogen (secondary N) is 1. The molecule has 1 unspecified atom stereocenters. The summed E-state index contributed by atoms with van der Waals surface area (Å²) in [6.45, 7) is 1.79. The molecule has 1 heterocycles. The second-order valence-electron chi connectivity index (χ2n) is 10.2. The Morgan fingerprint density at radius 2 is 1.86 bits per heavy atom. The molecule has 0 spiro atoms. The first-order valence-corrected chi connectivity index (χ1v) is 14.7. The number of halogens is 4. The van der Waals surface area contributed by atoms with Crippen molar-refractivity contribution in [3.05, 3.63) is 105 Å². The van der Waals surface area contributed by atoms with E-state index in [-0.39, 0.29) is 35.8 Å². The summed E-state index contributed by atoms with van der Waals surface area (Å²) >= 11 is 7.48. The third-order valence-corrected chi connectivity index (χ3v) is 8.83. The van der Waals surface area contributed by atoms with E-state index in [1.54, 1.807) is 25.3 Å². The monoisotopic (exact) mass is 615 g/mol. The third kappa shape index (κ3) is 5.75. The SMILES string of the molecule is COc1cc(C2(C)CCCc3nc(SCc4c(F)cc(C(=O)NCCO)cc4F)n(-c4ccc(F)cc4)c32)ccc1Cl. The number of aryl methyl sites for hydroxylation is 1. The Balaban J connectivity index is 1.57. The molecular formula is C31H29ClF3N3O3S. The number of rotatable bonds is 9. The lowest BCUT2D eigenvalue weighted by atomic mass is 9.71. The van der Waals surface area contributed by atoms with Crippen LogP contribution in [0.25, 0.3) is 5.69 Å². The molecule has 3 aromatic carbocycles. The highest BCUT2D eigenvalue weighted by molar-refractivity contribution is 7.98. The van der Waals surface area contributed by atoms with Gasteiger partial charge in [0.15, 0.2) is 5.16 Å². The topological polar surface area (TPSA) is 76.4 Å². The van der Waals surface area contributed by atoms with Crippen LogP contribution in [0.4, 0.5) is 13.2 Å². The average molecular weight is 616 g/mol. The minimum Gasteiger partial charge on any atom is -0.495 e. The van der Waals surface area contributed by atoms with E-state index in [1.165, 1.54) is 12.1 Å². The molecule has 0 bridgehead atoms. The van der Waals surface area contributed by atoms with Crippen molar-refractivity contribution < 1.29 is 27.8 Å². The molecule has 0 radical (unpaired) electrons. The molecule has 1 aliphatic carbocycles. The lowest BCUT2D eigenvalue weighted by Gasteiger charge is -2.36. The molecule has 4 aromatic rings. The molecule has 220 valence electrons. The zero-order chi connectivity index (χ0) is 30.0. The van der Waals surface area contributed by atoms with E-state index in [9.17, 15) is 9.18 Å². The number of aliphatic hydroxyl groups excluding tert-OH is 1. The lowest BCUT2D eigenvalue weighted by molar-refractivity contribution is 0.0943. The average Bonchev–Trinajstić information content (AvgIpc) is 3.35. The van der Waals surface area contributed by atoms with E-state index in [0.29, 0.717) is 28.0 Å². The van der Waals surface area contributed by atoms with Gasteiger partial charge in [-0.3, -0.25) is 9.36 Å². The van der Waals surface area contributed by atoms with Gasteiger partial charge in [-0.2, -0.15) is 0 Å². The van der Waals surface area contributed by atoms with Gasteiger partial charge in [-0.15, -0.1) is 0 Å². The zero-order valence-electron chi connectivity index (χ0n) is 23.0. The van der Waals surface area contributed by atoms with Crippen molar-refractivity contribution >= 4 is 29.3 Å². The van der Waals surface area contributed by atoms with Gasteiger partial charge in [0.25, 0.3) is 5.91 Å². The molecule has 1 amide bonds. The molecule has 11 heteroatoms. The first kappa shape index (κ1) is 30.0. The summed E-state index contributed by atoms with van der Waals surface area (Å²) in [5.41, 5.74) is 2.49. The molecule has 0 saturated carbocycles. The maximum atomic E-state index is 15.1. The Morgan fingerprint density at radius 1 is 1.14 bits per heavy atom. The van der Waals surface area contributed by atoms with Crippen LogP contribution >= 0.6 is 23.4 Å². The number of fused-ring (bicyclic) bond motifs is 1. The number of ether oxygens (including phenoxy) is 1. The van der Waals surface area contributed by atoms with Crippen LogP contribution < -0.4 is 10.1 Å². The molecule has 1 atom stereocenters. The summed E-state index contributed by atoms with van der Waals surface area (Å²) in [7, 11) is 1.56. The number of hydrogen-bond donors (Lipinski definition) is 2. The number of nitrogens with zero attached hydrogens (tertiary/aromatic N) is 2. The summed E-state index contributed by atoms with van der Waals surface area (Å²) in [6, 6.07) is 13.7. The van der Waals surface area contributed by atoms with Crippen LogP contribution in [-0.2, 0) is 17.6 Å². The van der Waals surface area contributed by atoms with Crippen LogP contribution in [-0.4, -0.2) is 40.8 Å². The Hall–Kier alpha value is -3.47. The number of carbonyl (C=O) groups excluding carboxylic acids is 1. The van der Waals surface area contributed by atoms with Gasteiger partial charge in [-0.05, 0) is 80.3 Å². The first-order chi connectivity index (χ1) is 20.2. The van der Waals surface area contributed by atoms with Crippen molar-refractivity contribution in [2.75, 3.05) is 20.3 Å². The van der Waals surface area contributed by atoms with Crippen molar-refractivity contribution in [1.82, 2.24) is 14.9 Å². The van der Waals surface area contributed by atoms with E-state index in [1.807, 2.05) is 16.7 Å².